The number of rotatable bonds is 2. The van der Waals surface area contributed by atoms with Crippen molar-refractivity contribution in [2.75, 3.05) is 0 Å². The fraction of sp³-hybridized carbons (Fsp3) is 0. The number of hydrogen-bond acceptors (Lipinski definition) is 2. The Bertz CT molecular complexity index is 851. The molecule has 106 valence electrons. The summed E-state index contributed by atoms with van der Waals surface area (Å²) in [4.78, 5) is 15.0. The van der Waals surface area contributed by atoms with E-state index in [2.05, 4.69) is 4.98 Å². The van der Waals surface area contributed by atoms with E-state index >= 15 is 0 Å². The van der Waals surface area contributed by atoms with Crippen molar-refractivity contribution in [3.63, 3.8) is 0 Å². The number of fused-ring (bicyclic) bond motifs is 1. The summed E-state index contributed by atoms with van der Waals surface area (Å²) in [5.41, 5.74) is -0.303. The Hall–Kier alpha value is -2.83. The van der Waals surface area contributed by atoms with E-state index in [4.69, 9.17) is 5.11 Å². The summed E-state index contributed by atoms with van der Waals surface area (Å²) in [5.74, 6) is -4.45. The lowest BCUT2D eigenvalue weighted by Crippen LogP contribution is -2.02. The van der Waals surface area contributed by atoms with Crippen molar-refractivity contribution < 1.29 is 23.1 Å². The zero-order valence-corrected chi connectivity index (χ0v) is 10.3. The maximum Gasteiger partial charge on any atom is 0.337 e. The second kappa shape index (κ2) is 4.62. The van der Waals surface area contributed by atoms with Crippen molar-refractivity contribution in [1.82, 2.24) is 9.55 Å². The van der Waals surface area contributed by atoms with Crippen LogP contribution in [-0.2, 0) is 0 Å². The van der Waals surface area contributed by atoms with Crippen molar-refractivity contribution in [2.45, 2.75) is 0 Å². The van der Waals surface area contributed by atoms with Gasteiger partial charge in [0.15, 0.2) is 11.6 Å². The van der Waals surface area contributed by atoms with Crippen LogP contribution in [0.25, 0.3) is 16.7 Å². The van der Waals surface area contributed by atoms with Crippen molar-refractivity contribution in [3.05, 3.63) is 59.7 Å². The standard InChI is InChI=1S/C14H7F3N2O2/c15-7-4-9(16)13(10(17)5-7)19-6-18-12-8(14(20)21)2-1-3-11(12)19/h1-6H,(H,20,21). The molecule has 0 aliphatic rings. The minimum atomic E-state index is -1.20. The largest absolute Gasteiger partial charge is 0.478 e. The Morgan fingerprint density at radius 3 is 2.43 bits per heavy atom. The SMILES string of the molecule is O=C(O)c1cccc2c1ncn2-c1c(F)cc(F)cc1F. The maximum absolute atomic E-state index is 13.8. The predicted octanol–water partition coefficient (Wildman–Crippen LogP) is 3.14. The number of aromatic nitrogens is 2. The minimum Gasteiger partial charge on any atom is -0.478 e. The number of halogens is 3. The first-order valence-electron chi connectivity index (χ1n) is 5.83. The van der Waals surface area contributed by atoms with Crippen LogP contribution in [-0.4, -0.2) is 20.6 Å². The van der Waals surface area contributed by atoms with Crippen molar-refractivity contribution in [3.8, 4) is 5.69 Å². The molecule has 0 radical (unpaired) electrons. The van der Waals surface area contributed by atoms with Crippen LogP contribution in [0.1, 0.15) is 10.4 Å². The smallest absolute Gasteiger partial charge is 0.337 e. The van der Waals surface area contributed by atoms with E-state index in [-0.39, 0.29) is 16.6 Å². The summed E-state index contributed by atoms with van der Waals surface area (Å²) in [6.07, 6.45) is 1.09. The predicted molar refractivity (Wildman–Crippen MR) is 67.9 cm³/mol. The molecule has 3 aromatic rings. The second-order valence-corrected chi connectivity index (χ2v) is 4.31. The Morgan fingerprint density at radius 1 is 1.14 bits per heavy atom. The van der Waals surface area contributed by atoms with E-state index in [9.17, 15) is 18.0 Å². The minimum absolute atomic E-state index is 0.0887. The van der Waals surface area contributed by atoms with Crippen LogP contribution < -0.4 is 0 Å². The van der Waals surface area contributed by atoms with E-state index in [1.807, 2.05) is 0 Å². The molecule has 0 bridgehead atoms. The third-order valence-electron chi connectivity index (χ3n) is 3.03. The average molecular weight is 292 g/mol. The first-order valence-corrected chi connectivity index (χ1v) is 5.83. The quantitative estimate of drug-likeness (QED) is 0.789. The van der Waals surface area contributed by atoms with Gasteiger partial charge in [0.2, 0.25) is 0 Å². The Labute approximate surface area is 116 Å². The van der Waals surface area contributed by atoms with Crippen LogP contribution >= 0.6 is 0 Å². The highest BCUT2D eigenvalue weighted by molar-refractivity contribution is 6.01. The number of para-hydroxylation sites is 1. The molecular weight excluding hydrogens is 285 g/mol. The number of carboxylic acids is 1. The van der Waals surface area contributed by atoms with Crippen molar-refractivity contribution >= 4 is 17.0 Å². The van der Waals surface area contributed by atoms with Gasteiger partial charge >= 0.3 is 5.97 Å². The van der Waals surface area contributed by atoms with E-state index in [0.717, 1.165) is 10.9 Å². The number of carbonyl (C=O) groups is 1. The van der Waals surface area contributed by atoms with Crippen molar-refractivity contribution in [1.29, 1.82) is 0 Å². The van der Waals surface area contributed by atoms with Crippen LogP contribution in [0.3, 0.4) is 0 Å². The fourth-order valence-electron chi connectivity index (χ4n) is 2.15. The Balaban J connectivity index is 2.33. The Morgan fingerprint density at radius 2 is 1.81 bits per heavy atom. The van der Waals surface area contributed by atoms with Gasteiger partial charge in [0.05, 0.1) is 11.1 Å². The Kier molecular flexibility index (Phi) is 2.90. The third kappa shape index (κ3) is 2.03. The molecule has 0 fully saturated rings. The molecule has 2 aromatic carbocycles. The molecular formula is C14H7F3N2O2. The molecule has 3 rings (SSSR count). The van der Waals surface area contributed by atoms with Crippen LogP contribution in [0.15, 0.2) is 36.7 Å². The third-order valence-corrected chi connectivity index (χ3v) is 3.03. The van der Waals surface area contributed by atoms with Gasteiger partial charge in [-0.25, -0.2) is 22.9 Å². The van der Waals surface area contributed by atoms with Crippen LogP contribution in [0.4, 0.5) is 13.2 Å². The van der Waals surface area contributed by atoms with Crippen LogP contribution in [0.2, 0.25) is 0 Å². The molecule has 7 heteroatoms. The summed E-state index contributed by atoms with van der Waals surface area (Å²) < 4.78 is 41.6. The van der Waals surface area contributed by atoms with Gasteiger partial charge < -0.3 is 5.11 Å². The number of imidazole rings is 1. The summed E-state index contributed by atoms with van der Waals surface area (Å²) in [5, 5.41) is 9.06. The number of nitrogens with zero attached hydrogens (tertiary/aromatic N) is 2. The monoisotopic (exact) mass is 292 g/mol. The maximum atomic E-state index is 13.8. The zero-order valence-electron chi connectivity index (χ0n) is 10.3. The van der Waals surface area contributed by atoms with Crippen LogP contribution in [0.5, 0.6) is 0 Å². The molecule has 21 heavy (non-hydrogen) atoms. The lowest BCUT2D eigenvalue weighted by atomic mass is 10.2. The molecule has 0 unspecified atom stereocenters. The molecule has 0 aliphatic carbocycles. The molecule has 0 aliphatic heterocycles. The highest BCUT2D eigenvalue weighted by Crippen LogP contribution is 2.25. The van der Waals surface area contributed by atoms with Gasteiger partial charge in [-0.2, -0.15) is 0 Å². The van der Waals surface area contributed by atoms with Gasteiger partial charge in [-0.05, 0) is 12.1 Å². The van der Waals surface area contributed by atoms with Crippen LogP contribution in [0, 0.1) is 17.5 Å². The second-order valence-electron chi connectivity index (χ2n) is 4.31. The molecule has 0 saturated carbocycles. The van der Waals surface area contributed by atoms with E-state index < -0.39 is 29.1 Å². The summed E-state index contributed by atoms with van der Waals surface area (Å²) in [6.45, 7) is 0. The topological polar surface area (TPSA) is 55.1 Å². The molecule has 1 N–H and O–H groups in total. The van der Waals surface area contributed by atoms with E-state index in [0.29, 0.717) is 12.1 Å². The van der Waals surface area contributed by atoms with Crippen molar-refractivity contribution in [2.24, 2.45) is 0 Å². The molecule has 1 heterocycles. The summed E-state index contributed by atoms with van der Waals surface area (Å²) >= 11 is 0. The van der Waals surface area contributed by atoms with E-state index in [1.54, 1.807) is 0 Å². The normalized spacial score (nSPS) is 11.0. The van der Waals surface area contributed by atoms with Gasteiger partial charge in [-0.3, -0.25) is 4.57 Å². The first-order chi connectivity index (χ1) is 9.99. The van der Waals surface area contributed by atoms with Gasteiger partial charge in [0.1, 0.15) is 23.3 Å². The molecule has 0 spiro atoms. The van der Waals surface area contributed by atoms with Gasteiger partial charge in [-0.15, -0.1) is 0 Å². The zero-order chi connectivity index (χ0) is 15.1. The summed E-state index contributed by atoms with van der Waals surface area (Å²) in [6, 6.07) is 5.33. The average Bonchev–Trinajstić information content (AvgIpc) is 2.81. The van der Waals surface area contributed by atoms with Gasteiger partial charge in [0.25, 0.3) is 0 Å². The fourth-order valence-corrected chi connectivity index (χ4v) is 2.15. The highest BCUT2D eigenvalue weighted by atomic mass is 19.1. The molecule has 0 saturated heterocycles. The highest BCUT2D eigenvalue weighted by Gasteiger charge is 2.18. The molecule has 1 aromatic heterocycles. The molecule has 4 nitrogen and oxygen atoms in total. The van der Waals surface area contributed by atoms with E-state index in [1.165, 1.54) is 18.2 Å². The lowest BCUT2D eigenvalue weighted by Gasteiger charge is -2.07. The van der Waals surface area contributed by atoms with Gasteiger partial charge in [0, 0.05) is 12.1 Å². The summed E-state index contributed by atoms with van der Waals surface area (Å²) in [7, 11) is 0. The first kappa shape index (κ1) is 13.2. The van der Waals surface area contributed by atoms with Gasteiger partial charge in [-0.1, -0.05) is 6.07 Å². The number of aromatic carboxylic acids is 1. The number of benzene rings is 2. The number of hydrogen-bond donors (Lipinski definition) is 1. The molecule has 0 amide bonds. The molecule has 0 atom stereocenters. The lowest BCUT2D eigenvalue weighted by molar-refractivity contribution is 0.0699. The number of carboxylic acid groups (broad SMARTS) is 1.